The van der Waals surface area contributed by atoms with E-state index in [0.29, 0.717) is 5.57 Å². The van der Waals surface area contributed by atoms with Crippen molar-refractivity contribution >= 4 is 5.97 Å². The largest absolute Gasteiger partial charge is 0.423 e. The van der Waals surface area contributed by atoms with Crippen LogP contribution in [0.2, 0.25) is 0 Å². The fraction of sp³-hybridized carbons (Fsp3) is 0.545. The lowest BCUT2D eigenvalue weighted by Crippen LogP contribution is -2.20. The van der Waals surface area contributed by atoms with Crippen LogP contribution in [0.1, 0.15) is 20.3 Å². The quantitative estimate of drug-likeness (QED) is 0.583. The molecule has 1 aliphatic rings. The minimum atomic E-state index is -1.08. The fourth-order valence-electron chi connectivity index (χ4n) is 1.28. The molecular weight excluding hydrogens is 212 g/mol. The van der Waals surface area contributed by atoms with Crippen LogP contribution < -0.4 is 0 Å². The van der Waals surface area contributed by atoms with Crippen molar-refractivity contribution in [3.05, 3.63) is 23.5 Å². The molecule has 16 heavy (non-hydrogen) atoms. The highest BCUT2D eigenvalue weighted by Crippen LogP contribution is 2.21. The van der Waals surface area contributed by atoms with Crippen molar-refractivity contribution in [3.63, 3.8) is 0 Å². The summed E-state index contributed by atoms with van der Waals surface area (Å²) in [6.45, 7) is 3.00. The van der Waals surface area contributed by atoms with Crippen molar-refractivity contribution in [1.29, 1.82) is 0 Å². The second-order valence-corrected chi connectivity index (χ2v) is 3.91. The number of ether oxygens (including phenoxy) is 1. The third-order valence-corrected chi connectivity index (χ3v) is 2.13. The van der Waals surface area contributed by atoms with Gasteiger partial charge >= 0.3 is 5.97 Å². The molecule has 5 nitrogen and oxygen atoms in total. The van der Waals surface area contributed by atoms with Crippen LogP contribution in [-0.4, -0.2) is 39.6 Å². The molecule has 1 heterocycles. The summed E-state index contributed by atoms with van der Waals surface area (Å²) >= 11 is 0. The zero-order valence-electron chi connectivity index (χ0n) is 9.25. The monoisotopic (exact) mass is 228 g/mol. The fourth-order valence-corrected chi connectivity index (χ4v) is 1.28. The van der Waals surface area contributed by atoms with E-state index >= 15 is 0 Å². The molecule has 0 fully saturated rings. The third kappa shape index (κ3) is 3.44. The van der Waals surface area contributed by atoms with Gasteiger partial charge in [-0.05, 0) is 26.0 Å². The molecule has 0 saturated heterocycles. The van der Waals surface area contributed by atoms with E-state index in [1.807, 2.05) is 0 Å². The van der Waals surface area contributed by atoms with E-state index < -0.39 is 24.3 Å². The third-order valence-electron chi connectivity index (χ3n) is 2.13. The Balaban J connectivity index is 2.73. The standard InChI is InChI=1S/C11H16O5/c1-6(12)3-8-4-9(16-11(8)15)5-10(14)7(2)13/h4-7,10,12-14H,3H2,1-2H3/t6-,7-,10-/m0/s1. The SMILES string of the molecule is C[C@H](O)CC1=CC(=C[C@H](O)[C@H](C)O)OC1=O. The van der Waals surface area contributed by atoms with Crippen LogP contribution in [0.5, 0.6) is 0 Å². The predicted octanol–water partition coefficient (Wildman–Crippen LogP) is -0.134. The Bertz CT molecular complexity index is 327. The van der Waals surface area contributed by atoms with Crippen LogP contribution in [0, 0.1) is 0 Å². The van der Waals surface area contributed by atoms with E-state index in [-0.39, 0.29) is 12.2 Å². The molecule has 90 valence electrons. The summed E-state index contributed by atoms with van der Waals surface area (Å²) in [6.07, 6.45) is 0.296. The first-order valence-electron chi connectivity index (χ1n) is 5.09. The van der Waals surface area contributed by atoms with Gasteiger partial charge in [-0.15, -0.1) is 0 Å². The van der Waals surface area contributed by atoms with Gasteiger partial charge in [0, 0.05) is 12.0 Å². The Morgan fingerprint density at radius 2 is 2.00 bits per heavy atom. The van der Waals surface area contributed by atoms with Gasteiger partial charge in [-0.3, -0.25) is 0 Å². The van der Waals surface area contributed by atoms with Crippen LogP contribution in [-0.2, 0) is 9.53 Å². The Morgan fingerprint density at radius 1 is 1.38 bits per heavy atom. The minimum Gasteiger partial charge on any atom is -0.423 e. The average Bonchev–Trinajstić information content (AvgIpc) is 2.45. The first-order valence-corrected chi connectivity index (χ1v) is 5.09. The first-order chi connectivity index (χ1) is 7.40. The molecule has 0 aromatic heterocycles. The molecule has 3 atom stereocenters. The average molecular weight is 228 g/mol. The van der Waals surface area contributed by atoms with Gasteiger partial charge in [0.2, 0.25) is 0 Å². The molecule has 0 amide bonds. The molecule has 0 aromatic carbocycles. The number of aliphatic hydroxyl groups is 3. The molecule has 1 aliphatic heterocycles. The maximum absolute atomic E-state index is 11.3. The number of aliphatic hydroxyl groups excluding tert-OH is 3. The molecule has 0 spiro atoms. The highest BCUT2D eigenvalue weighted by atomic mass is 16.5. The summed E-state index contributed by atoms with van der Waals surface area (Å²) in [5.41, 5.74) is 0.360. The maximum atomic E-state index is 11.3. The summed E-state index contributed by atoms with van der Waals surface area (Å²) < 4.78 is 4.84. The van der Waals surface area contributed by atoms with Crippen molar-refractivity contribution < 1.29 is 24.9 Å². The molecule has 0 saturated carbocycles. The van der Waals surface area contributed by atoms with Crippen LogP contribution in [0.3, 0.4) is 0 Å². The number of carbonyl (C=O) groups excluding carboxylic acids is 1. The molecule has 0 aromatic rings. The molecule has 0 radical (unpaired) electrons. The summed E-state index contributed by atoms with van der Waals surface area (Å²) in [7, 11) is 0. The first kappa shape index (κ1) is 12.9. The van der Waals surface area contributed by atoms with Crippen molar-refractivity contribution in [2.24, 2.45) is 0 Å². The van der Waals surface area contributed by atoms with Gasteiger partial charge in [0.25, 0.3) is 0 Å². The number of carbonyl (C=O) groups is 1. The minimum absolute atomic E-state index is 0.203. The highest BCUT2D eigenvalue weighted by Gasteiger charge is 2.23. The van der Waals surface area contributed by atoms with Crippen molar-refractivity contribution in [3.8, 4) is 0 Å². The summed E-state index contributed by atoms with van der Waals surface area (Å²) in [6, 6.07) is 0. The molecule has 0 unspecified atom stereocenters. The van der Waals surface area contributed by atoms with Gasteiger partial charge < -0.3 is 20.1 Å². The Kier molecular flexibility index (Phi) is 4.23. The van der Waals surface area contributed by atoms with E-state index in [2.05, 4.69) is 0 Å². The lowest BCUT2D eigenvalue weighted by molar-refractivity contribution is -0.133. The molecule has 0 aliphatic carbocycles. The van der Waals surface area contributed by atoms with Crippen LogP contribution >= 0.6 is 0 Å². The smallest absolute Gasteiger partial charge is 0.339 e. The molecule has 0 bridgehead atoms. The van der Waals surface area contributed by atoms with Crippen LogP contribution in [0.15, 0.2) is 23.5 Å². The van der Waals surface area contributed by atoms with Gasteiger partial charge in [-0.25, -0.2) is 4.79 Å². The van der Waals surface area contributed by atoms with Gasteiger partial charge in [0.15, 0.2) is 0 Å². The number of esters is 1. The van der Waals surface area contributed by atoms with E-state index in [0.717, 1.165) is 0 Å². The second kappa shape index (κ2) is 5.25. The summed E-state index contributed by atoms with van der Waals surface area (Å²) in [5, 5.41) is 27.5. The number of rotatable bonds is 4. The highest BCUT2D eigenvalue weighted by molar-refractivity contribution is 5.92. The topological polar surface area (TPSA) is 87.0 Å². The Morgan fingerprint density at radius 3 is 2.50 bits per heavy atom. The van der Waals surface area contributed by atoms with Gasteiger partial charge in [-0.1, -0.05) is 0 Å². The zero-order valence-corrected chi connectivity index (χ0v) is 9.25. The van der Waals surface area contributed by atoms with Crippen molar-refractivity contribution in [1.82, 2.24) is 0 Å². The zero-order chi connectivity index (χ0) is 12.3. The van der Waals surface area contributed by atoms with E-state index in [9.17, 15) is 9.90 Å². The van der Waals surface area contributed by atoms with Crippen molar-refractivity contribution in [2.75, 3.05) is 0 Å². The van der Waals surface area contributed by atoms with E-state index in [1.54, 1.807) is 6.92 Å². The van der Waals surface area contributed by atoms with Gasteiger partial charge in [0.1, 0.15) is 11.9 Å². The maximum Gasteiger partial charge on any atom is 0.339 e. The summed E-state index contributed by atoms with van der Waals surface area (Å²) in [5.74, 6) is -0.320. The van der Waals surface area contributed by atoms with Gasteiger partial charge in [0.05, 0.1) is 12.2 Å². The van der Waals surface area contributed by atoms with Crippen molar-refractivity contribution in [2.45, 2.75) is 38.6 Å². The predicted molar refractivity (Wildman–Crippen MR) is 56.2 cm³/mol. The molecule has 1 rings (SSSR count). The lowest BCUT2D eigenvalue weighted by atomic mass is 10.1. The Labute approximate surface area is 93.7 Å². The number of allylic oxidation sites excluding steroid dienone is 1. The number of hydrogen-bond donors (Lipinski definition) is 3. The summed E-state index contributed by atoms with van der Waals surface area (Å²) in [4.78, 5) is 11.3. The number of hydrogen-bond acceptors (Lipinski definition) is 5. The molecular formula is C11H16O5. The Hall–Kier alpha value is -1.17. The van der Waals surface area contributed by atoms with Crippen LogP contribution in [0.25, 0.3) is 0 Å². The second-order valence-electron chi connectivity index (χ2n) is 3.91. The van der Waals surface area contributed by atoms with E-state index in [1.165, 1.54) is 19.1 Å². The van der Waals surface area contributed by atoms with Gasteiger partial charge in [-0.2, -0.15) is 0 Å². The normalized spacial score (nSPS) is 23.9. The molecule has 3 N–H and O–H groups in total. The van der Waals surface area contributed by atoms with E-state index in [4.69, 9.17) is 14.9 Å². The van der Waals surface area contributed by atoms with Crippen LogP contribution in [0.4, 0.5) is 0 Å². The lowest BCUT2D eigenvalue weighted by Gasteiger charge is -2.08. The molecule has 5 heteroatoms. The number of cyclic esters (lactones) is 1.